The summed E-state index contributed by atoms with van der Waals surface area (Å²) in [4.78, 5) is 8.57. The van der Waals surface area contributed by atoms with Crippen molar-refractivity contribution < 1.29 is 4.42 Å². The summed E-state index contributed by atoms with van der Waals surface area (Å²) in [7, 11) is 1.88. The number of rotatable bonds is 4. The van der Waals surface area contributed by atoms with Gasteiger partial charge in [-0.1, -0.05) is 13.3 Å². The predicted molar refractivity (Wildman–Crippen MR) is 63.3 cm³/mol. The van der Waals surface area contributed by atoms with Gasteiger partial charge in [0.1, 0.15) is 12.1 Å². The molecule has 84 valence electrons. The Morgan fingerprint density at radius 1 is 1.38 bits per heavy atom. The van der Waals surface area contributed by atoms with Gasteiger partial charge in [-0.2, -0.15) is 0 Å². The molecule has 4 nitrogen and oxygen atoms in total. The van der Waals surface area contributed by atoms with Crippen molar-refractivity contribution >= 4 is 5.82 Å². The third-order valence-electron chi connectivity index (χ3n) is 2.48. The summed E-state index contributed by atoms with van der Waals surface area (Å²) in [6.45, 7) is 2.14. The first kappa shape index (κ1) is 10.7. The topological polar surface area (TPSA) is 51.0 Å². The van der Waals surface area contributed by atoms with Gasteiger partial charge in [0.15, 0.2) is 0 Å². The fourth-order valence-corrected chi connectivity index (χ4v) is 1.76. The zero-order chi connectivity index (χ0) is 11.4. The van der Waals surface area contributed by atoms with Gasteiger partial charge in [-0.3, -0.25) is 0 Å². The number of nitrogens with zero attached hydrogens (tertiary/aromatic N) is 2. The smallest absolute Gasteiger partial charge is 0.132 e. The molecule has 0 saturated heterocycles. The monoisotopic (exact) mass is 217 g/mol. The fourth-order valence-electron chi connectivity index (χ4n) is 1.76. The predicted octanol–water partition coefficient (Wildman–Crippen LogP) is 2.73. The minimum atomic E-state index is 0.896. The molecule has 0 aromatic carbocycles. The van der Waals surface area contributed by atoms with Gasteiger partial charge in [0, 0.05) is 18.2 Å². The number of hydrogen-bond acceptors (Lipinski definition) is 4. The van der Waals surface area contributed by atoms with Gasteiger partial charge >= 0.3 is 0 Å². The van der Waals surface area contributed by atoms with Crippen LogP contribution in [-0.2, 0) is 6.42 Å². The summed E-state index contributed by atoms with van der Waals surface area (Å²) in [6.07, 6.45) is 6.96. The summed E-state index contributed by atoms with van der Waals surface area (Å²) < 4.78 is 5.09. The summed E-state index contributed by atoms with van der Waals surface area (Å²) in [5.41, 5.74) is 3.10. The van der Waals surface area contributed by atoms with E-state index in [-0.39, 0.29) is 0 Å². The van der Waals surface area contributed by atoms with E-state index < -0.39 is 0 Å². The van der Waals surface area contributed by atoms with E-state index >= 15 is 0 Å². The molecule has 2 aromatic heterocycles. The van der Waals surface area contributed by atoms with Crippen molar-refractivity contribution in [1.29, 1.82) is 0 Å². The number of hydrogen-bond donors (Lipinski definition) is 1. The molecule has 0 bridgehead atoms. The molecule has 0 spiro atoms. The molecule has 0 aliphatic carbocycles. The van der Waals surface area contributed by atoms with E-state index in [2.05, 4.69) is 22.2 Å². The van der Waals surface area contributed by atoms with Crippen molar-refractivity contribution in [3.05, 3.63) is 30.5 Å². The van der Waals surface area contributed by atoms with Crippen LogP contribution in [0.15, 0.2) is 29.3 Å². The molecule has 4 heteroatoms. The lowest BCUT2D eigenvalue weighted by Gasteiger charge is -2.10. The number of aromatic nitrogens is 2. The van der Waals surface area contributed by atoms with E-state index in [1.54, 1.807) is 18.9 Å². The molecule has 16 heavy (non-hydrogen) atoms. The van der Waals surface area contributed by atoms with Crippen LogP contribution in [-0.4, -0.2) is 17.0 Å². The van der Waals surface area contributed by atoms with E-state index in [0.29, 0.717) is 0 Å². The van der Waals surface area contributed by atoms with Gasteiger partial charge in [0.05, 0.1) is 18.2 Å². The van der Waals surface area contributed by atoms with Crippen LogP contribution in [0.2, 0.25) is 0 Å². The number of nitrogens with one attached hydrogen (secondary N) is 1. The van der Waals surface area contributed by atoms with E-state index in [1.807, 2.05) is 13.1 Å². The van der Waals surface area contributed by atoms with Crippen molar-refractivity contribution in [2.75, 3.05) is 12.4 Å². The Hall–Kier alpha value is -1.84. The third kappa shape index (κ3) is 1.91. The molecular weight excluding hydrogens is 202 g/mol. The Morgan fingerprint density at radius 2 is 2.25 bits per heavy atom. The highest BCUT2D eigenvalue weighted by Crippen LogP contribution is 2.26. The van der Waals surface area contributed by atoms with Crippen molar-refractivity contribution in [3.63, 3.8) is 0 Å². The maximum atomic E-state index is 5.09. The first-order valence-electron chi connectivity index (χ1n) is 5.41. The van der Waals surface area contributed by atoms with Crippen LogP contribution in [0.4, 0.5) is 5.82 Å². The second-order valence-corrected chi connectivity index (χ2v) is 3.56. The molecule has 2 heterocycles. The summed E-state index contributed by atoms with van der Waals surface area (Å²) in [5.74, 6) is 0.896. The average Bonchev–Trinajstić information content (AvgIpc) is 2.83. The van der Waals surface area contributed by atoms with Crippen molar-refractivity contribution in [2.24, 2.45) is 0 Å². The molecule has 0 unspecified atom stereocenters. The Bertz CT molecular complexity index is 451. The lowest BCUT2D eigenvalue weighted by molar-refractivity contribution is 0.568. The molecule has 0 amide bonds. The van der Waals surface area contributed by atoms with Gasteiger partial charge in [0.2, 0.25) is 0 Å². The lowest BCUT2D eigenvalue weighted by Crippen LogP contribution is -2.02. The molecule has 0 aliphatic rings. The Morgan fingerprint density at radius 3 is 2.88 bits per heavy atom. The molecular formula is C12H15N3O. The highest BCUT2D eigenvalue weighted by Gasteiger charge is 2.12. The molecule has 0 saturated carbocycles. The van der Waals surface area contributed by atoms with Crippen LogP contribution >= 0.6 is 0 Å². The maximum absolute atomic E-state index is 5.09. The zero-order valence-corrected chi connectivity index (χ0v) is 9.53. The van der Waals surface area contributed by atoms with E-state index in [0.717, 1.165) is 35.5 Å². The van der Waals surface area contributed by atoms with Crippen molar-refractivity contribution in [2.45, 2.75) is 19.8 Å². The minimum absolute atomic E-state index is 0.896. The fraction of sp³-hybridized carbons (Fsp3) is 0.333. The number of furan rings is 1. The van der Waals surface area contributed by atoms with Gasteiger partial charge in [0.25, 0.3) is 0 Å². The summed E-state index contributed by atoms with van der Waals surface area (Å²) in [6, 6.07) is 1.92. The average molecular weight is 217 g/mol. The normalized spacial score (nSPS) is 10.4. The van der Waals surface area contributed by atoms with E-state index in [1.165, 1.54) is 0 Å². The Balaban J connectivity index is 2.51. The van der Waals surface area contributed by atoms with Crippen LogP contribution < -0.4 is 5.32 Å². The number of anilines is 1. The van der Waals surface area contributed by atoms with Gasteiger partial charge in [-0.05, 0) is 12.5 Å². The lowest BCUT2D eigenvalue weighted by atomic mass is 10.1. The molecule has 0 aliphatic heterocycles. The van der Waals surface area contributed by atoms with Gasteiger partial charge in [-0.15, -0.1) is 0 Å². The highest BCUT2D eigenvalue weighted by molar-refractivity contribution is 5.67. The van der Waals surface area contributed by atoms with Crippen LogP contribution in [0.25, 0.3) is 11.3 Å². The van der Waals surface area contributed by atoms with Gasteiger partial charge < -0.3 is 9.73 Å². The Kier molecular flexibility index (Phi) is 3.19. The van der Waals surface area contributed by atoms with Crippen LogP contribution in [0.1, 0.15) is 18.9 Å². The Labute approximate surface area is 94.7 Å². The molecule has 2 rings (SSSR count). The standard InChI is InChI=1S/C12H15N3O/c1-3-4-10-11(9-5-6-16-7-9)14-8-15-12(10)13-2/h5-8H,3-4H2,1-2H3,(H,13,14,15). The second-order valence-electron chi connectivity index (χ2n) is 3.56. The first-order chi connectivity index (χ1) is 7.86. The quantitative estimate of drug-likeness (QED) is 0.855. The van der Waals surface area contributed by atoms with E-state index in [9.17, 15) is 0 Å². The molecule has 2 aromatic rings. The van der Waals surface area contributed by atoms with Crippen LogP contribution in [0.3, 0.4) is 0 Å². The van der Waals surface area contributed by atoms with Crippen LogP contribution in [0.5, 0.6) is 0 Å². The molecule has 0 atom stereocenters. The van der Waals surface area contributed by atoms with Gasteiger partial charge in [-0.25, -0.2) is 9.97 Å². The summed E-state index contributed by atoms with van der Waals surface area (Å²) in [5, 5.41) is 3.10. The third-order valence-corrected chi connectivity index (χ3v) is 2.48. The summed E-state index contributed by atoms with van der Waals surface area (Å²) >= 11 is 0. The zero-order valence-electron chi connectivity index (χ0n) is 9.53. The molecule has 1 N–H and O–H groups in total. The maximum Gasteiger partial charge on any atom is 0.132 e. The minimum Gasteiger partial charge on any atom is -0.472 e. The van der Waals surface area contributed by atoms with E-state index in [4.69, 9.17) is 4.42 Å². The van der Waals surface area contributed by atoms with Crippen molar-refractivity contribution in [1.82, 2.24) is 9.97 Å². The highest BCUT2D eigenvalue weighted by atomic mass is 16.3. The second kappa shape index (κ2) is 4.79. The van der Waals surface area contributed by atoms with Crippen molar-refractivity contribution in [3.8, 4) is 11.3 Å². The largest absolute Gasteiger partial charge is 0.472 e. The molecule has 0 fully saturated rings. The van der Waals surface area contributed by atoms with Crippen LogP contribution in [0, 0.1) is 0 Å². The SMILES string of the molecule is CCCc1c(NC)ncnc1-c1ccoc1. The molecule has 0 radical (unpaired) electrons. The first-order valence-corrected chi connectivity index (χ1v) is 5.41.